The van der Waals surface area contributed by atoms with Crippen molar-refractivity contribution >= 4 is 11.7 Å². The molecule has 0 aromatic heterocycles. The second kappa shape index (κ2) is 7.76. The molecule has 0 spiro atoms. The minimum atomic E-state index is -0.354. The molecule has 116 valence electrons. The van der Waals surface area contributed by atoms with Crippen LogP contribution in [0.5, 0.6) is 0 Å². The molecule has 21 heavy (non-hydrogen) atoms. The number of carbonyl (C=O) groups excluding carboxylic acids is 1. The molecule has 0 amide bonds. The van der Waals surface area contributed by atoms with E-state index in [1.54, 1.807) is 25.1 Å². The summed E-state index contributed by atoms with van der Waals surface area (Å²) in [6.45, 7) is 5.66. The third-order valence-electron chi connectivity index (χ3n) is 3.88. The van der Waals surface area contributed by atoms with Gasteiger partial charge in [-0.2, -0.15) is 0 Å². The number of aryl methyl sites for hydroxylation is 1. The zero-order valence-electron chi connectivity index (χ0n) is 13.1. The molecule has 1 aromatic rings. The SMILES string of the molecule is CCCC(C(=O)OC)C(CC)c1cccc(C)c1[N+](=O)[O-]. The molecule has 0 aliphatic rings. The third-order valence-corrected chi connectivity index (χ3v) is 3.88. The zero-order chi connectivity index (χ0) is 16.0. The van der Waals surface area contributed by atoms with E-state index < -0.39 is 0 Å². The lowest BCUT2D eigenvalue weighted by Gasteiger charge is -2.24. The summed E-state index contributed by atoms with van der Waals surface area (Å²) in [6, 6.07) is 5.28. The van der Waals surface area contributed by atoms with Gasteiger partial charge in [0.2, 0.25) is 0 Å². The molecule has 0 radical (unpaired) electrons. The highest BCUT2D eigenvalue weighted by Crippen LogP contribution is 2.38. The minimum absolute atomic E-state index is 0.120. The van der Waals surface area contributed by atoms with Crippen molar-refractivity contribution in [3.05, 3.63) is 39.4 Å². The summed E-state index contributed by atoms with van der Waals surface area (Å²) < 4.78 is 4.89. The summed E-state index contributed by atoms with van der Waals surface area (Å²) >= 11 is 0. The number of methoxy groups -OCH3 is 1. The Morgan fingerprint density at radius 1 is 1.38 bits per heavy atom. The van der Waals surface area contributed by atoms with Gasteiger partial charge in [-0.25, -0.2) is 0 Å². The van der Waals surface area contributed by atoms with Crippen LogP contribution >= 0.6 is 0 Å². The van der Waals surface area contributed by atoms with Crippen molar-refractivity contribution in [3.8, 4) is 0 Å². The number of carbonyl (C=O) groups is 1. The number of ether oxygens (including phenoxy) is 1. The first-order valence-corrected chi connectivity index (χ1v) is 7.29. The first-order chi connectivity index (χ1) is 9.97. The van der Waals surface area contributed by atoms with Gasteiger partial charge in [0.1, 0.15) is 0 Å². The Balaban J connectivity index is 3.34. The van der Waals surface area contributed by atoms with Gasteiger partial charge in [0.25, 0.3) is 5.69 Å². The summed E-state index contributed by atoms with van der Waals surface area (Å²) in [4.78, 5) is 23.1. The van der Waals surface area contributed by atoms with Crippen LogP contribution in [0, 0.1) is 23.0 Å². The molecule has 0 aliphatic heterocycles. The summed E-state index contributed by atoms with van der Waals surface area (Å²) in [6.07, 6.45) is 2.15. The topological polar surface area (TPSA) is 69.4 Å². The second-order valence-electron chi connectivity index (χ2n) is 5.20. The van der Waals surface area contributed by atoms with Crippen molar-refractivity contribution in [2.24, 2.45) is 5.92 Å². The van der Waals surface area contributed by atoms with Gasteiger partial charge in [-0.1, -0.05) is 38.5 Å². The number of rotatable bonds is 7. The number of esters is 1. The molecule has 1 rings (SSSR count). The molecule has 2 atom stereocenters. The largest absolute Gasteiger partial charge is 0.469 e. The molecule has 1 aromatic carbocycles. The van der Waals surface area contributed by atoms with E-state index in [1.807, 2.05) is 13.8 Å². The van der Waals surface area contributed by atoms with E-state index in [1.165, 1.54) is 7.11 Å². The van der Waals surface area contributed by atoms with Crippen LogP contribution in [0.3, 0.4) is 0 Å². The summed E-state index contributed by atoms with van der Waals surface area (Å²) in [5.41, 5.74) is 1.37. The fraction of sp³-hybridized carbons (Fsp3) is 0.562. The summed E-state index contributed by atoms with van der Waals surface area (Å²) in [5, 5.41) is 11.4. The van der Waals surface area contributed by atoms with E-state index in [9.17, 15) is 14.9 Å². The summed E-state index contributed by atoms with van der Waals surface area (Å²) in [7, 11) is 1.36. The summed E-state index contributed by atoms with van der Waals surface area (Å²) in [5.74, 6) is -0.831. The molecular formula is C16H23NO4. The lowest BCUT2D eigenvalue weighted by molar-refractivity contribution is -0.386. The fourth-order valence-corrected chi connectivity index (χ4v) is 2.90. The smallest absolute Gasteiger partial charge is 0.309 e. The van der Waals surface area contributed by atoms with E-state index in [-0.39, 0.29) is 28.4 Å². The standard InChI is InChI=1S/C16H23NO4/c1-5-8-14(16(18)21-4)12(6-2)13-10-7-9-11(3)15(13)17(19)20/h7,9-10,12,14H,5-6,8H2,1-4H3. The number of hydrogen-bond acceptors (Lipinski definition) is 4. The van der Waals surface area contributed by atoms with Crippen molar-refractivity contribution < 1.29 is 14.5 Å². The third kappa shape index (κ3) is 3.80. The van der Waals surface area contributed by atoms with Crippen LogP contribution in [0.15, 0.2) is 18.2 Å². The van der Waals surface area contributed by atoms with Crippen molar-refractivity contribution in [1.29, 1.82) is 0 Å². The van der Waals surface area contributed by atoms with Gasteiger partial charge < -0.3 is 4.74 Å². The maximum atomic E-state index is 12.0. The highest BCUT2D eigenvalue weighted by molar-refractivity contribution is 5.74. The average molecular weight is 293 g/mol. The zero-order valence-corrected chi connectivity index (χ0v) is 13.1. The van der Waals surface area contributed by atoms with Crippen LogP contribution in [-0.2, 0) is 9.53 Å². The van der Waals surface area contributed by atoms with E-state index in [4.69, 9.17) is 4.74 Å². The van der Waals surface area contributed by atoms with Crippen molar-refractivity contribution in [2.45, 2.75) is 46.0 Å². The van der Waals surface area contributed by atoms with Gasteiger partial charge >= 0.3 is 5.97 Å². The molecule has 0 bridgehead atoms. The Bertz CT molecular complexity index is 513. The van der Waals surface area contributed by atoms with Gasteiger partial charge in [0.05, 0.1) is 18.0 Å². The maximum absolute atomic E-state index is 12.0. The molecule has 0 saturated heterocycles. The Hall–Kier alpha value is -1.91. The highest BCUT2D eigenvalue weighted by Gasteiger charge is 2.33. The normalized spacial score (nSPS) is 13.5. The first kappa shape index (κ1) is 17.1. The molecule has 2 unspecified atom stereocenters. The number of nitrogens with zero attached hydrogens (tertiary/aromatic N) is 1. The Morgan fingerprint density at radius 3 is 2.52 bits per heavy atom. The van der Waals surface area contributed by atoms with Gasteiger partial charge in [-0.3, -0.25) is 14.9 Å². The van der Waals surface area contributed by atoms with Gasteiger partial charge in [0, 0.05) is 17.0 Å². The van der Waals surface area contributed by atoms with Crippen LogP contribution in [0.4, 0.5) is 5.69 Å². The van der Waals surface area contributed by atoms with Crippen LogP contribution in [0.25, 0.3) is 0 Å². The number of nitro groups is 1. The molecular weight excluding hydrogens is 270 g/mol. The number of benzene rings is 1. The van der Waals surface area contributed by atoms with E-state index in [0.717, 1.165) is 6.42 Å². The van der Waals surface area contributed by atoms with Gasteiger partial charge in [0.15, 0.2) is 0 Å². The Kier molecular flexibility index (Phi) is 6.34. The number of para-hydroxylation sites is 1. The fourth-order valence-electron chi connectivity index (χ4n) is 2.90. The van der Waals surface area contributed by atoms with Crippen LogP contribution < -0.4 is 0 Å². The van der Waals surface area contributed by atoms with Gasteiger partial charge in [-0.15, -0.1) is 0 Å². The lowest BCUT2D eigenvalue weighted by Crippen LogP contribution is -2.24. The average Bonchev–Trinajstić information content (AvgIpc) is 2.46. The van der Waals surface area contributed by atoms with Gasteiger partial charge in [-0.05, 0) is 19.8 Å². The minimum Gasteiger partial charge on any atom is -0.469 e. The highest BCUT2D eigenvalue weighted by atomic mass is 16.6. The quantitative estimate of drug-likeness (QED) is 0.433. The molecule has 5 nitrogen and oxygen atoms in total. The number of hydrogen-bond donors (Lipinski definition) is 0. The molecule has 0 heterocycles. The predicted molar refractivity (Wildman–Crippen MR) is 81.3 cm³/mol. The van der Waals surface area contributed by atoms with Crippen molar-refractivity contribution in [2.75, 3.05) is 7.11 Å². The lowest BCUT2D eigenvalue weighted by atomic mass is 9.80. The Labute approximate surface area is 125 Å². The molecule has 0 fully saturated rings. The number of nitro benzene ring substituents is 1. The van der Waals surface area contributed by atoms with E-state index in [2.05, 4.69) is 0 Å². The second-order valence-corrected chi connectivity index (χ2v) is 5.20. The molecule has 0 saturated carbocycles. The molecule has 5 heteroatoms. The predicted octanol–water partition coefficient (Wildman–Crippen LogP) is 3.99. The van der Waals surface area contributed by atoms with Crippen molar-refractivity contribution in [3.63, 3.8) is 0 Å². The van der Waals surface area contributed by atoms with Crippen LogP contribution in [-0.4, -0.2) is 18.0 Å². The Morgan fingerprint density at radius 2 is 2.05 bits per heavy atom. The van der Waals surface area contributed by atoms with Crippen LogP contribution in [0.2, 0.25) is 0 Å². The molecule has 0 N–H and O–H groups in total. The maximum Gasteiger partial charge on any atom is 0.309 e. The van der Waals surface area contributed by atoms with E-state index >= 15 is 0 Å². The molecule has 0 aliphatic carbocycles. The van der Waals surface area contributed by atoms with E-state index in [0.29, 0.717) is 24.0 Å². The van der Waals surface area contributed by atoms with Crippen LogP contribution in [0.1, 0.15) is 50.2 Å². The first-order valence-electron chi connectivity index (χ1n) is 7.29. The van der Waals surface area contributed by atoms with Crippen molar-refractivity contribution in [1.82, 2.24) is 0 Å². The monoisotopic (exact) mass is 293 g/mol.